The fraction of sp³-hybridized carbons (Fsp3) is 0. The number of aromatic hydroxyl groups is 1. The molecule has 0 aliphatic rings. The molecule has 6 nitrogen and oxygen atoms in total. The number of anilines is 1. The Morgan fingerprint density at radius 1 is 1.19 bits per heavy atom. The minimum absolute atomic E-state index is 0.0552. The molecular formula is C13H8Cl2N4O2. The van der Waals surface area contributed by atoms with Crippen LogP contribution in [0.1, 0.15) is 0 Å². The molecule has 2 heterocycles. The van der Waals surface area contributed by atoms with Crippen LogP contribution in [0.4, 0.5) is 5.69 Å². The monoisotopic (exact) mass is 322 g/mol. The topological polar surface area (TPSA) is 98.1 Å². The fourth-order valence-corrected chi connectivity index (χ4v) is 2.20. The van der Waals surface area contributed by atoms with Gasteiger partial charge in [0.05, 0.1) is 15.6 Å². The Kier molecular flexibility index (Phi) is 3.40. The van der Waals surface area contributed by atoms with Crippen LogP contribution < -0.4 is 5.73 Å². The van der Waals surface area contributed by atoms with Crippen LogP contribution in [-0.4, -0.2) is 20.2 Å². The van der Waals surface area contributed by atoms with Crippen LogP contribution in [0.5, 0.6) is 5.75 Å². The van der Waals surface area contributed by atoms with Gasteiger partial charge in [0.25, 0.3) is 5.89 Å². The van der Waals surface area contributed by atoms with Gasteiger partial charge < -0.3 is 15.4 Å². The molecule has 0 saturated carbocycles. The average Bonchev–Trinajstić information content (AvgIpc) is 2.87. The van der Waals surface area contributed by atoms with Crippen LogP contribution in [0.15, 0.2) is 35.0 Å². The molecular weight excluding hydrogens is 315 g/mol. The summed E-state index contributed by atoms with van der Waals surface area (Å²) in [6.45, 7) is 0. The molecule has 21 heavy (non-hydrogen) atoms. The summed E-state index contributed by atoms with van der Waals surface area (Å²) in [6, 6.07) is 6.13. The van der Waals surface area contributed by atoms with Crippen LogP contribution in [0.25, 0.3) is 23.0 Å². The molecule has 0 atom stereocenters. The molecule has 106 valence electrons. The zero-order chi connectivity index (χ0) is 15.0. The first kappa shape index (κ1) is 13.7. The van der Waals surface area contributed by atoms with E-state index >= 15 is 0 Å². The molecule has 0 spiro atoms. The SMILES string of the molecule is Nc1ccc(-c2nc(-c3ncc(Cl)cc3Cl)no2)c(O)c1. The zero-order valence-corrected chi connectivity index (χ0v) is 11.9. The summed E-state index contributed by atoms with van der Waals surface area (Å²) in [4.78, 5) is 8.22. The van der Waals surface area contributed by atoms with E-state index in [1.54, 1.807) is 12.1 Å². The van der Waals surface area contributed by atoms with Crippen LogP contribution in [0.2, 0.25) is 10.0 Å². The number of hydrogen-bond acceptors (Lipinski definition) is 6. The summed E-state index contributed by atoms with van der Waals surface area (Å²) in [5.41, 5.74) is 6.71. The number of hydrogen-bond donors (Lipinski definition) is 2. The summed E-state index contributed by atoms with van der Waals surface area (Å²) in [5.74, 6) is 0.276. The van der Waals surface area contributed by atoms with Crippen molar-refractivity contribution in [2.24, 2.45) is 0 Å². The van der Waals surface area contributed by atoms with E-state index < -0.39 is 0 Å². The maximum absolute atomic E-state index is 9.85. The van der Waals surface area contributed by atoms with Crippen molar-refractivity contribution in [3.8, 4) is 28.7 Å². The molecule has 0 saturated heterocycles. The molecule has 3 N–H and O–H groups in total. The third-order valence-electron chi connectivity index (χ3n) is 2.70. The molecule has 0 aliphatic carbocycles. The van der Waals surface area contributed by atoms with Gasteiger partial charge >= 0.3 is 0 Å². The van der Waals surface area contributed by atoms with Gasteiger partial charge in [-0.2, -0.15) is 4.98 Å². The van der Waals surface area contributed by atoms with Gasteiger partial charge in [0.15, 0.2) is 0 Å². The maximum Gasteiger partial charge on any atom is 0.262 e. The predicted molar refractivity (Wildman–Crippen MR) is 79.1 cm³/mol. The molecule has 0 unspecified atom stereocenters. The fourth-order valence-electron chi connectivity index (χ4n) is 1.74. The molecule has 3 rings (SSSR count). The lowest BCUT2D eigenvalue weighted by molar-refractivity contribution is 0.425. The minimum atomic E-state index is -0.0552. The van der Waals surface area contributed by atoms with Crippen molar-refractivity contribution in [3.05, 3.63) is 40.5 Å². The first-order chi connectivity index (χ1) is 10.0. The highest BCUT2D eigenvalue weighted by molar-refractivity contribution is 6.35. The van der Waals surface area contributed by atoms with Crippen LogP contribution in [0, 0.1) is 0 Å². The number of phenolic OH excluding ortho intramolecular Hbond substituents is 1. The Balaban J connectivity index is 2.03. The molecule has 3 aromatic rings. The van der Waals surface area contributed by atoms with Gasteiger partial charge in [0, 0.05) is 18.0 Å². The van der Waals surface area contributed by atoms with E-state index in [1.165, 1.54) is 18.3 Å². The summed E-state index contributed by atoms with van der Waals surface area (Å²) >= 11 is 11.8. The summed E-state index contributed by atoms with van der Waals surface area (Å²) in [5, 5.41) is 14.4. The van der Waals surface area contributed by atoms with Gasteiger partial charge in [-0.15, -0.1) is 0 Å². The lowest BCUT2D eigenvalue weighted by Crippen LogP contribution is -1.88. The Morgan fingerprint density at radius 3 is 2.71 bits per heavy atom. The van der Waals surface area contributed by atoms with E-state index in [0.717, 1.165) is 0 Å². The van der Waals surface area contributed by atoms with E-state index in [1.807, 2.05) is 0 Å². The number of nitrogens with zero attached hydrogens (tertiary/aromatic N) is 3. The molecule has 0 aliphatic heterocycles. The van der Waals surface area contributed by atoms with Gasteiger partial charge in [0.2, 0.25) is 5.82 Å². The number of nitrogens with two attached hydrogens (primary N) is 1. The number of halogens is 2. The lowest BCUT2D eigenvalue weighted by atomic mass is 10.2. The largest absolute Gasteiger partial charge is 0.507 e. The number of aromatic nitrogens is 3. The first-order valence-electron chi connectivity index (χ1n) is 5.78. The van der Waals surface area contributed by atoms with E-state index in [-0.39, 0.29) is 17.5 Å². The van der Waals surface area contributed by atoms with Gasteiger partial charge in [-0.05, 0) is 18.2 Å². The first-order valence-corrected chi connectivity index (χ1v) is 6.54. The quantitative estimate of drug-likeness (QED) is 0.702. The van der Waals surface area contributed by atoms with Crippen molar-refractivity contribution in [3.63, 3.8) is 0 Å². The van der Waals surface area contributed by atoms with Gasteiger partial charge in [0.1, 0.15) is 11.4 Å². The third-order valence-corrected chi connectivity index (χ3v) is 3.19. The van der Waals surface area contributed by atoms with Crippen molar-refractivity contribution in [2.75, 3.05) is 5.73 Å². The Labute approximate surface area is 129 Å². The molecule has 0 fully saturated rings. The highest BCUT2D eigenvalue weighted by atomic mass is 35.5. The third kappa shape index (κ3) is 2.63. The number of phenols is 1. The van der Waals surface area contributed by atoms with E-state index in [9.17, 15) is 5.11 Å². The van der Waals surface area contributed by atoms with Crippen LogP contribution in [-0.2, 0) is 0 Å². The van der Waals surface area contributed by atoms with Crippen LogP contribution in [0.3, 0.4) is 0 Å². The Morgan fingerprint density at radius 2 is 2.00 bits per heavy atom. The minimum Gasteiger partial charge on any atom is -0.507 e. The van der Waals surface area contributed by atoms with Crippen molar-refractivity contribution < 1.29 is 9.63 Å². The smallest absolute Gasteiger partial charge is 0.262 e. The molecule has 0 bridgehead atoms. The van der Waals surface area contributed by atoms with Crippen molar-refractivity contribution in [1.82, 2.24) is 15.1 Å². The second kappa shape index (κ2) is 5.23. The molecule has 0 radical (unpaired) electrons. The van der Waals surface area contributed by atoms with Gasteiger partial charge in [-0.3, -0.25) is 0 Å². The van der Waals surface area contributed by atoms with Gasteiger partial charge in [-0.1, -0.05) is 28.4 Å². The van der Waals surface area contributed by atoms with E-state index in [2.05, 4.69) is 15.1 Å². The molecule has 8 heteroatoms. The molecule has 0 amide bonds. The Bertz CT molecular complexity index is 754. The van der Waals surface area contributed by atoms with Crippen molar-refractivity contribution in [2.45, 2.75) is 0 Å². The van der Waals surface area contributed by atoms with E-state index in [0.29, 0.717) is 27.0 Å². The normalized spacial score (nSPS) is 10.8. The summed E-state index contributed by atoms with van der Waals surface area (Å²) in [6.07, 6.45) is 1.43. The molecule has 1 aromatic carbocycles. The maximum atomic E-state index is 9.85. The average molecular weight is 323 g/mol. The van der Waals surface area contributed by atoms with Crippen molar-refractivity contribution in [1.29, 1.82) is 0 Å². The van der Waals surface area contributed by atoms with E-state index in [4.69, 9.17) is 33.5 Å². The number of rotatable bonds is 2. The van der Waals surface area contributed by atoms with Gasteiger partial charge in [-0.25, -0.2) is 4.98 Å². The summed E-state index contributed by atoms with van der Waals surface area (Å²) in [7, 11) is 0. The summed E-state index contributed by atoms with van der Waals surface area (Å²) < 4.78 is 5.12. The second-order valence-electron chi connectivity index (χ2n) is 4.18. The number of nitrogen functional groups attached to an aromatic ring is 1. The van der Waals surface area contributed by atoms with Crippen molar-refractivity contribution >= 4 is 28.9 Å². The Hall–Kier alpha value is -2.31. The highest BCUT2D eigenvalue weighted by Crippen LogP contribution is 2.32. The number of benzene rings is 1. The predicted octanol–water partition coefficient (Wildman–Crippen LogP) is 3.39. The standard InChI is InChI=1S/C13H8Cl2N4O2/c14-6-3-9(15)11(17-5-6)12-18-13(21-19-12)8-2-1-7(16)4-10(8)20/h1-5,20H,16H2. The molecule has 2 aromatic heterocycles. The highest BCUT2D eigenvalue weighted by Gasteiger charge is 2.17. The zero-order valence-electron chi connectivity index (χ0n) is 10.4. The second-order valence-corrected chi connectivity index (χ2v) is 5.03. The lowest BCUT2D eigenvalue weighted by Gasteiger charge is -2.00. The van der Waals surface area contributed by atoms with Crippen LogP contribution >= 0.6 is 23.2 Å². The number of pyridine rings is 1.